The number of nitrogens with zero attached hydrogens (tertiary/aromatic N) is 1. The normalized spacial score (nSPS) is 11.7. The van der Waals surface area contributed by atoms with Crippen LogP contribution in [0.3, 0.4) is 0 Å². The summed E-state index contributed by atoms with van der Waals surface area (Å²) < 4.78 is 4.95. The van der Waals surface area contributed by atoms with Gasteiger partial charge >= 0.3 is 0 Å². The Hall–Kier alpha value is -1.19. The van der Waals surface area contributed by atoms with Gasteiger partial charge in [-0.05, 0) is 18.6 Å². The van der Waals surface area contributed by atoms with Gasteiger partial charge in [-0.2, -0.15) is 0 Å². The fraction of sp³-hybridized carbons (Fsp3) is 0.417. The fourth-order valence-electron chi connectivity index (χ4n) is 1.26. The highest BCUT2D eigenvalue weighted by atomic mass is 16.5. The Labute approximate surface area is 91.2 Å². The van der Waals surface area contributed by atoms with Gasteiger partial charge in [0, 0.05) is 32.6 Å². The van der Waals surface area contributed by atoms with Crippen LogP contribution in [0.2, 0.25) is 0 Å². The van der Waals surface area contributed by atoms with E-state index in [1.54, 1.807) is 13.3 Å². The van der Waals surface area contributed by atoms with Gasteiger partial charge in [0.15, 0.2) is 0 Å². The van der Waals surface area contributed by atoms with Crippen LogP contribution in [-0.4, -0.2) is 31.8 Å². The van der Waals surface area contributed by atoms with Crippen molar-refractivity contribution in [2.75, 3.05) is 26.8 Å². The number of hydrogen-bond acceptors (Lipinski definition) is 3. The van der Waals surface area contributed by atoms with E-state index in [0.29, 0.717) is 0 Å². The molecule has 0 fully saturated rings. The molecule has 0 aliphatic carbocycles. The van der Waals surface area contributed by atoms with Gasteiger partial charge in [0.1, 0.15) is 0 Å². The van der Waals surface area contributed by atoms with E-state index in [9.17, 15) is 0 Å². The second-order valence-corrected chi connectivity index (χ2v) is 3.45. The van der Waals surface area contributed by atoms with Crippen LogP contribution in [0.4, 0.5) is 0 Å². The third kappa shape index (κ3) is 5.30. The summed E-state index contributed by atoms with van der Waals surface area (Å²) in [6.45, 7) is 4.62. The van der Waals surface area contributed by atoms with Crippen molar-refractivity contribution in [1.29, 1.82) is 0 Å². The van der Waals surface area contributed by atoms with Crippen molar-refractivity contribution in [1.82, 2.24) is 10.3 Å². The SMILES string of the molecule is COCCNCC(C)=Cc1cccnc1. The first-order chi connectivity index (χ1) is 7.33. The molecule has 0 spiro atoms. The van der Waals surface area contributed by atoms with Crippen LogP contribution in [0, 0.1) is 0 Å². The molecule has 0 atom stereocenters. The van der Waals surface area contributed by atoms with Gasteiger partial charge in [0.2, 0.25) is 0 Å². The third-order valence-corrected chi connectivity index (χ3v) is 1.98. The molecule has 0 aliphatic rings. The second kappa shape index (κ2) is 7.15. The van der Waals surface area contributed by atoms with Gasteiger partial charge in [-0.3, -0.25) is 4.98 Å². The lowest BCUT2D eigenvalue weighted by Gasteiger charge is -2.04. The second-order valence-electron chi connectivity index (χ2n) is 3.45. The number of rotatable bonds is 6. The standard InChI is InChI=1S/C12H18N2O/c1-11(9-14-6-7-15-2)8-12-4-3-5-13-10-12/h3-5,8,10,14H,6-7,9H2,1-2H3. The van der Waals surface area contributed by atoms with Crippen LogP contribution >= 0.6 is 0 Å². The molecule has 82 valence electrons. The van der Waals surface area contributed by atoms with Crippen molar-refractivity contribution in [3.63, 3.8) is 0 Å². The molecular weight excluding hydrogens is 188 g/mol. The van der Waals surface area contributed by atoms with E-state index in [4.69, 9.17) is 4.74 Å². The Kier molecular flexibility index (Phi) is 5.66. The summed E-state index contributed by atoms with van der Waals surface area (Å²) in [5.41, 5.74) is 2.43. The highest BCUT2D eigenvalue weighted by Gasteiger charge is 1.91. The molecule has 3 nitrogen and oxygen atoms in total. The summed E-state index contributed by atoms with van der Waals surface area (Å²) in [4.78, 5) is 4.06. The molecule has 1 aromatic rings. The monoisotopic (exact) mass is 206 g/mol. The summed E-state index contributed by atoms with van der Waals surface area (Å²) in [5, 5.41) is 3.29. The molecule has 0 bridgehead atoms. The number of hydrogen-bond donors (Lipinski definition) is 1. The van der Waals surface area contributed by atoms with Crippen LogP contribution in [0.15, 0.2) is 30.1 Å². The first-order valence-electron chi connectivity index (χ1n) is 5.10. The predicted octanol–water partition coefficient (Wildman–Crippen LogP) is 1.72. The lowest BCUT2D eigenvalue weighted by Crippen LogP contribution is -2.20. The van der Waals surface area contributed by atoms with E-state index in [1.807, 2.05) is 18.3 Å². The average molecular weight is 206 g/mol. The van der Waals surface area contributed by atoms with Gasteiger partial charge in [0.05, 0.1) is 6.61 Å². The number of pyridine rings is 1. The van der Waals surface area contributed by atoms with E-state index in [1.165, 1.54) is 5.57 Å². The first kappa shape index (κ1) is 11.9. The van der Waals surface area contributed by atoms with Crippen molar-refractivity contribution in [2.45, 2.75) is 6.92 Å². The predicted molar refractivity (Wildman–Crippen MR) is 62.6 cm³/mol. The molecule has 0 saturated carbocycles. The first-order valence-corrected chi connectivity index (χ1v) is 5.10. The molecule has 0 amide bonds. The van der Waals surface area contributed by atoms with Crippen LogP contribution in [0.1, 0.15) is 12.5 Å². The Morgan fingerprint density at radius 3 is 3.13 bits per heavy atom. The summed E-state index contributed by atoms with van der Waals surface area (Å²) in [6.07, 6.45) is 5.77. The lowest BCUT2D eigenvalue weighted by atomic mass is 10.2. The summed E-state index contributed by atoms with van der Waals surface area (Å²) in [6, 6.07) is 3.99. The minimum Gasteiger partial charge on any atom is -0.383 e. The van der Waals surface area contributed by atoms with Gasteiger partial charge in [-0.15, -0.1) is 0 Å². The molecule has 1 aromatic heterocycles. The van der Waals surface area contributed by atoms with Gasteiger partial charge in [-0.25, -0.2) is 0 Å². The quantitative estimate of drug-likeness (QED) is 0.720. The summed E-state index contributed by atoms with van der Waals surface area (Å²) >= 11 is 0. The summed E-state index contributed by atoms with van der Waals surface area (Å²) in [7, 11) is 1.71. The largest absolute Gasteiger partial charge is 0.383 e. The highest BCUT2D eigenvalue weighted by molar-refractivity contribution is 5.51. The molecule has 15 heavy (non-hydrogen) atoms. The van der Waals surface area contributed by atoms with E-state index in [0.717, 1.165) is 25.3 Å². The van der Waals surface area contributed by atoms with Crippen LogP contribution in [0.25, 0.3) is 6.08 Å². The van der Waals surface area contributed by atoms with Crippen LogP contribution in [-0.2, 0) is 4.74 Å². The van der Waals surface area contributed by atoms with Crippen molar-refractivity contribution < 1.29 is 4.74 Å². The van der Waals surface area contributed by atoms with Gasteiger partial charge in [-0.1, -0.05) is 17.7 Å². The highest BCUT2D eigenvalue weighted by Crippen LogP contribution is 2.03. The molecule has 0 radical (unpaired) electrons. The fourth-order valence-corrected chi connectivity index (χ4v) is 1.26. The van der Waals surface area contributed by atoms with Gasteiger partial charge < -0.3 is 10.1 Å². The van der Waals surface area contributed by atoms with Crippen molar-refractivity contribution in [3.05, 3.63) is 35.7 Å². The number of aromatic nitrogens is 1. The maximum absolute atomic E-state index is 4.95. The molecule has 0 aromatic carbocycles. The Morgan fingerprint density at radius 1 is 1.60 bits per heavy atom. The topological polar surface area (TPSA) is 34.1 Å². The molecule has 1 heterocycles. The molecule has 1 N–H and O–H groups in total. The molecular formula is C12H18N2O. The Balaban J connectivity index is 2.33. The van der Waals surface area contributed by atoms with E-state index in [-0.39, 0.29) is 0 Å². The lowest BCUT2D eigenvalue weighted by molar-refractivity contribution is 0.200. The van der Waals surface area contributed by atoms with E-state index < -0.39 is 0 Å². The minimum atomic E-state index is 0.750. The van der Waals surface area contributed by atoms with Crippen molar-refractivity contribution in [2.24, 2.45) is 0 Å². The zero-order valence-electron chi connectivity index (χ0n) is 9.36. The maximum atomic E-state index is 4.95. The number of methoxy groups -OCH3 is 1. The number of ether oxygens (including phenoxy) is 1. The van der Waals surface area contributed by atoms with Crippen molar-refractivity contribution >= 4 is 6.08 Å². The third-order valence-electron chi connectivity index (χ3n) is 1.98. The smallest absolute Gasteiger partial charge is 0.0587 e. The zero-order valence-corrected chi connectivity index (χ0v) is 9.36. The maximum Gasteiger partial charge on any atom is 0.0587 e. The molecule has 0 aliphatic heterocycles. The molecule has 0 saturated heterocycles. The van der Waals surface area contributed by atoms with Gasteiger partial charge in [0.25, 0.3) is 0 Å². The van der Waals surface area contributed by atoms with Crippen LogP contribution < -0.4 is 5.32 Å². The van der Waals surface area contributed by atoms with E-state index in [2.05, 4.69) is 23.3 Å². The molecule has 3 heteroatoms. The summed E-state index contributed by atoms with van der Waals surface area (Å²) in [5.74, 6) is 0. The molecule has 1 rings (SSSR count). The van der Waals surface area contributed by atoms with Crippen LogP contribution in [0.5, 0.6) is 0 Å². The minimum absolute atomic E-state index is 0.750. The Bertz CT molecular complexity index is 296. The number of nitrogens with one attached hydrogen (secondary N) is 1. The van der Waals surface area contributed by atoms with Crippen molar-refractivity contribution in [3.8, 4) is 0 Å². The van der Waals surface area contributed by atoms with E-state index >= 15 is 0 Å². The Morgan fingerprint density at radius 2 is 2.47 bits per heavy atom. The zero-order chi connectivity index (χ0) is 10.9. The molecule has 0 unspecified atom stereocenters. The average Bonchev–Trinajstić information content (AvgIpc) is 2.26.